The molecule has 0 bridgehead atoms. The quantitative estimate of drug-likeness (QED) is 0.835. The van der Waals surface area contributed by atoms with E-state index < -0.39 is 12.0 Å². The highest BCUT2D eigenvalue weighted by Gasteiger charge is 2.31. The normalized spacial score (nSPS) is 25.9. The molecule has 1 unspecified atom stereocenters. The monoisotopic (exact) mass is 286 g/mol. The van der Waals surface area contributed by atoms with Crippen LogP contribution in [-0.4, -0.2) is 70.5 Å². The van der Waals surface area contributed by atoms with Crippen LogP contribution in [0.4, 0.5) is 0 Å². The highest BCUT2D eigenvalue weighted by molar-refractivity contribution is 7.99. The molecule has 19 heavy (non-hydrogen) atoms. The van der Waals surface area contributed by atoms with Crippen LogP contribution in [0.1, 0.15) is 25.7 Å². The van der Waals surface area contributed by atoms with E-state index in [2.05, 4.69) is 0 Å². The van der Waals surface area contributed by atoms with Crippen molar-refractivity contribution in [2.45, 2.75) is 31.7 Å². The Morgan fingerprint density at radius 2 is 1.79 bits per heavy atom. The molecule has 0 spiro atoms. The SMILES string of the molecule is O=C(O)C1CSCCN1CC(=O)N1CCCCCC1. The molecule has 0 saturated carbocycles. The van der Waals surface area contributed by atoms with Gasteiger partial charge in [0.25, 0.3) is 0 Å². The first-order valence-corrected chi connectivity index (χ1v) is 8.16. The number of aliphatic carboxylic acids is 1. The summed E-state index contributed by atoms with van der Waals surface area (Å²) >= 11 is 1.65. The Balaban J connectivity index is 1.90. The molecule has 0 aliphatic carbocycles. The molecule has 2 saturated heterocycles. The lowest BCUT2D eigenvalue weighted by Gasteiger charge is -2.33. The van der Waals surface area contributed by atoms with Gasteiger partial charge in [-0.15, -0.1) is 0 Å². The summed E-state index contributed by atoms with van der Waals surface area (Å²) in [6.45, 7) is 2.62. The molecule has 2 aliphatic heterocycles. The number of carboxylic acid groups (broad SMARTS) is 1. The Hall–Kier alpha value is -0.750. The molecule has 0 aromatic rings. The van der Waals surface area contributed by atoms with E-state index in [1.54, 1.807) is 11.8 Å². The van der Waals surface area contributed by atoms with Gasteiger partial charge in [0.05, 0.1) is 6.54 Å². The first-order chi connectivity index (χ1) is 9.18. The van der Waals surface area contributed by atoms with E-state index in [4.69, 9.17) is 0 Å². The highest BCUT2D eigenvalue weighted by Crippen LogP contribution is 2.17. The second-order valence-electron chi connectivity index (χ2n) is 5.19. The van der Waals surface area contributed by atoms with Gasteiger partial charge in [0, 0.05) is 31.1 Å². The lowest BCUT2D eigenvalue weighted by molar-refractivity contribution is -0.144. The molecule has 1 atom stereocenters. The number of carboxylic acids is 1. The maximum absolute atomic E-state index is 12.3. The van der Waals surface area contributed by atoms with E-state index in [9.17, 15) is 14.7 Å². The first-order valence-electron chi connectivity index (χ1n) is 7.01. The third-order valence-electron chi connectivity index (χ3n) is 3.82. The Labute approximate surface area is 118 Å². The summed E-state index contributed by atoms with van der Waals surface area (Å²) in [5.74, 6) is 0.788. The van der Waals surface area contributed by atoms with Gasteiger partial charge in [-0.2, -0.15) is 11.8 Å². The smallest absolute Gasteiger partial charge is 0.321 e. The van der Waals surface area contributed by atoms with Gasteiger partial charge in [0.15, 0.2) is 0 Å². The van der Waals surface area contributed by atoms with Gasteiger partial charge >= 0.3 is 5.97 Å². The lowest BCUT2D eigenvalue weighted by Crippen LogP contribution is -2.51. The molecule has 1 N–H and O–H groups in total. The highest BCUT2D eigenvalue weighted by atomic mass is 32.2. The van der Waals surface area contributed by atoms with Gasteiger partial charge in [0.2, 0.25) is 5.91 Å². The van der Waals surface area contributed by atoms with Crippen LogP contribution in [0.2, 0.25) is 0 Å². The van der Waals surface area contributed by atoms with E-state index >= 15 is 0 Å². The Morgan fingerprint density at radius 3 is 2.42 bits per heavy atom. The summed E-state index contributed by atoms with van der Waals surface area (Å²) in [5, 5.41) is 9.20. The molecule has 2 heterocycles. The molecular weight excluding hydrogens is 264 g/mol. The molecule has 6 heteroatoms. The number of likely N-dealkylation sites (tertiary alicyclic amines) is 1. The zero-order valence-electron chi connectivity index (χ0n) is 11.2. The van der Waals surface area contributed by atoms with Gasteiger partial charge in [0.1, 0.15) is 6.04 Å². The second-order valence-corrected chi connectivity index (χ2v) is 6.34. The van der Waals surface area contributed by atoms with Crippen molar-refractivity contribution in [1.82, 2.24) is 9.80 Å². The number of thioether (sulfide) groups is 1. The largest absolute Gasteiger partial charge is 0.480 e. The van der Waals surface area contributed by atoms with Crippen molar-refractivity contribution in [2.24, 2.45) is 0 Å². The predicted molar refractivity (Wildman–Crippen MR) is 75.4 cm³/mol. The zero-order chi connectivity index (χ0) is 13.7. The topological polar surface area (TPSA) is 60.9 Å². The van der Waals surface area contributed by atoms with Crippen LogP contribution in [0.15, 0.2) is 0 Å². The Kier molecular flexibility index (Phi) is 5.51. The minimum atomic E-state index is -0.809. The van der Waals surface area contributed by atoms with Crippen molar-refractivity contribution in [3.63, 3.8) is 0 Å². The fourth-order valence-corrected chi connectivity index (χ4v) is 3.76. The number of hydrogen-bond acceptors (Lipinski definition) is 4. The standard InChI is InChI=1S/C13H22N2O3S/c16-12(14-5-3-1-2-4-6-14)9-15-7-8-19-10-11(15)13(17)18/h11H,1-10H2,(H,17,18). The van der Waals surface area contributed by atoms with Crippen LogP contribution in [0, 0.1) is 0 Å². The molecule has 2 rings (SSSR count). The van der Waals surface area contributed by atoms with Gasteiger partial charge in [-0.1, -0.05) is 12.8 Å². The predicted octanol–water partition coefficient (Wildman–Crippen LogP) is 0.891. The fourth-order valence-electron chi connectivity index (χ4n) is 2.65. The van der Waals surface area contributed by atoms with E-state index in [0.717, 1.165) is 31.7 Å². The number of amides is 1. The maximum atomic E-state index is 12.3. The minimum absolute atomic E-state index is 0.0973. The summed E-state index contributed by atoms with van der Waals surface area (Å²) in [6.07, 6.45) is 4.54. The molecular formula is C13H22N2O3S. The van der Waals surface area contributed by atoms with E-state index in [1.165, 1.54) is 12.8 Å². The third-order valence-corrected chi connectivity index (χ3v) is 4.84. The second kappa shape index (κ2) is 7.14. The van der Waals surface area contributed by atoms with Crippen molar-refractivity contribution < 1.29 is 14.7 Å². The molecule has 2 aliphatic rings. The van der Waals surface area contributed by atoms with Crippen LogP contribution in [0.5, 0.6) is 0 Å². The third kappa shape index (κ3) is 4.11. The van der Waals surface area contributed by atoms with Crippen LogP contribution in [-0.2, 0) is 9.59 Å². The fraction of sp³-hybridized carbons (Fsp3) is 0.846. The number of rotatable bonds is 3. The average Bonchev–Trinajstić information content (AvgIpc) is 2.68. The molecule has 5 nitrogen and oxygen atoms in total. The van der Waals surface area contributed by atoms with E-state index in [0.29, 0.717) is 12.3 Å². The number of nitrogens with zero attached hydrogens (tertiary/aromatic N) is 2. The maximum Gasteiger partial charge on any atom is 0.321 e. The number of carbonyl (C=O) groups is 2. The van der Waals surface area contributed by atoms with Gasteiger partial charge < -0.3 is 10.0 Å². The Bertz CT molecular complexity index is 330. The van der Waals surface area contributed by atoms with Gasteiger partial charge in [-0.3, -0.25) is 14.5 Å². The first kappa shape index (κ1) is 14.7. The van der Waals surface area contributed by atoms with Crippen molar-refractivity contribution in [2.75, 3.05) is 37.7 Å². The van der Waals surface area contributed by atoms with Crippen LogP contribution >= 0.6 is 11.8 Å². The molecule has 2 fully saturated rings. The van der Waals surface area contributed by atoms with Gasteiger partial charge in [-0.05, 0) is 12.8 Å². The summed E-state index contributed by atoms with van der Waals surface area (Å²) < 4.78 is 0. The van der Waals surface area contributed by atoms with Crippen molar-refractivity contribution in [1.29, 1.82) is 0 Å². The van der Waals surface area contributed by atoms with Crippen LogP contribution < -0.4 is 0 Å². The summed E-state index contributed by atoms with van der Waals surface area (Å²) in [4.78, 5) is 27.2. The number of hydrogen-bond donors (Lipinski definition) is 1. The van der Waals surface area contributed by atoms with Crippen LogP contribution in [0.3, 0.4) is 0 Å². The van der Waals surface area contributed by atoms with Crippen molar-refractivity contribution >= 4 is 23.6 Å². The van der Waals surface area contributed by atoms with E-state index in [-0.39, 0.29) is 12.5 Å². The zero-order valence-corrected chi connectivity index (χ0v) is 12.0. The van der Waals surface area contributed by atoms with Crippen LogP contribution in [0.25, 0.3) is 0 Å². The average molecular weight is 286 g/mol. The summed E-state index contributed by atoms with van der Waals surface area (Å²) in [6, 6.07) is -0.505. The summed E-state index contributed by atoms with van der Waals surface area (Å²) in [7, 11) is 0. The van der Waals surface area contributed by atoms with Gasteiger partial charge in [-0.25, -0.2) is 0 Å². The molecule has 0 radical (unpaired) electrons. The molecule has 0 aromatic carbocycles. The summed E-state index contributed by atoms with van der Waals surface area (Å²) in [5.41, 5.74) is 0. The van der Waals surface area contributed by atoms with Crippen molar-refractivity contribution in [3.05, 3.63) is 0 Å². The molecule has 1 amide bonds. The lowest BCUT2D eigenvalue weighted by atomic mass is 10.2. The van der Waals surface area contributed by atoms with Crippen molar-refractivity contribution in [3.8, 4) is 0 Å². The molecule has 108 valence electrons. The van der Waals surface area contributed by atoms with E-state index in [1.807, 2.05) is 9.80 Å². The number of carbonyl (C=O) groups excluding carboxylic acids is 1. The Morgan fingerprint density at radius 1 is 1.11 bits per heavy atom. The minimum Gasteiger partial charge on any atom is -0.480 e. The molecule has 0 aromatic heterocycles.